The second-order valence-corrected chi connectivity index (χ2v) is 12.0. The number of piperidine rings is 2. The summed E-state index contributed by atoms with van der Waals surface area (Å²) in [5.41, 5.74) is 5.97. The molecule has 1 atom stereocenters. The molecule has 2 saturated heterocycles. The monoisotopic (exact) mass is 588 g/mol. The van der Waals surface area contributed by atoms with Gasteiger partial charge in [0, 0.05) is 49.6 Å². The maximum absolute atomic E-state index is 12.9. The number of ether oxygens (including phenoxy) is 3. The van der Waals surface area contributed by atoms with E-state index in [9.17, 15) is 19.2 Å². The van der Waals surface area contributed by atoms with Gasteiger partial charge in [0.1, 0.15) is 12.2 Å². The Bertz CT molecular complexity index is 1120. The zero-order valence-corrected chi connectivity index (χ0v) is 25.0. The maximum atomic E-state index is 12.9. The normalized spacial score (nSPS) is 18.0. The van der Waals surface area contributed by atoms with Crippen LogP contribution in [-0.2, 0) is 23.8 Å². The topological polar surface area (TPSA) is 161 Å². The average molecular weight is 589 g/mol. The number of amidine groups is 1. The molecule has 2 amide bonds. The molecular formula is C30H44N4O8. The van der Waals surface area contributed by atoms with Gasteiger partial charge < -0.3 is 35.0 Å². The Labute approximate surface area is 247 Å². The van der Waals surface area contributed by atoms with Crippen molar-refractivity contribution in [3.63, 3.8) is 0 Å². The minimum Gasteiger partial charge on any atom is -0.464 e. The van der Waals surface area contributed by atoms with Crippen molar-refractivity contribution < 1.29 is 38.6 Å². The van der Waals surface area contributed by atoms with Crippen LogP contribution in [0.25, 0.3) is 0 Å². The Balaban J connectivity index is 1.31. The Morgan fingerprint density at radius 1 is 0.976 bits per heavy atom. The van der Waals surface area contributed by atoms with Gasteiger partial charge in [0.15, 0.2) is 11.6 Å². The number of hydrogen-bond acceptors (Lipinski definition) is 9. The van der Waals surface area contributed by atoms with Crippen LogP contribution >= 0.6 is 0 Å². The molecule has 0 spiro atoms. The van der Waals surface area contributed by atoms with Crippen LogP contribution in [0, 0.1) is 11.8 Å². The largest absolute Gasteiger partial charge is 0.464 e. The molecule has 0 aromatic heterocycles. The predicted molar refractivity (Wildman–Crippen MR) is 154 cm³/mol. The number of hydrogen-bond donors (Lipinski definition) is 2. The first kappa shape index (κ1) is 32.8. The van der Waals surface area contributed by atoms with Gasteiger partial charge in [-0.25, -0.2) is 9.59 Å². The second-order valence-electron chi connectivity index (χ2n) is 12.0. The highest BCUT2D eigenvalue weighted by Gasteiger charge is 2.29. The summed E-state index contributed by atoms with van der Waals surface area (Å²) in [7, 11) is 0. The number of nitrogens with zero attached hydrogens (tertiary/aromatic N) is 3. The van der Waals surface area contributed by atoms with Crippen molar-refractivity contribution in [2.24, 2.45) is 22.7 Å². The van der Waals surface area contributed by atoms with E-state index in [-0.39, 0.29) is 48.7 Å². The average Bonchev–Trinajstić information content (AvgIpc) is 2.97. The van der Waals surface area contributed by atoms with Crippen LogP contribution in [0.3, 0.4) is 0 Å². The summed E-state index contributed by atoms with van der Waals surface area (Å²) >= 11 is 0. The lowest BCUT2D eigenvalue weighted by Gasteiger charge is -2.33. The predicted octanol–water partition coefficient (Wildman–Crippen LogP) is 3.19. The zero-order valence-electron chi connectivity index (χ0n) is 25.0. The quantitative estimate of drug-likeness (QED) is 0.104. The zero-order chi connectivity index (χ0) is 30.9. The number of carbonyl (C=O) groups is 4. The van der Waals surface area contributed by atoms with Crippen molar-refractivity contribution in [3.05, 3.63) is 35.4 Å². The fourth-order valence-corrected chi connectivity index (χ4v) is 4.97. The molecule has 1 aromatic rings. The lowest BCUT2D eigenvalue weighted by Crippen LogP contribution is -2.44. The lowest BCUT2D eigenvalue weighted by atomic mass is 9.96. The molecule has 2 fully saturated rings. The lowest BCUT2D eigenvalue weighted by molar-refractivity contribution is -0.155. The number of carbonyl (C=O) groups excluding carboxylic acids is 4. The van der Waals surface area contributed by atoms with Crippen molar-refractivity contribution in [1.29, 1.82) is 0 Å². The van der Waals surface area contributed by atoms with Gasteiger partial charge in [-0.2, -0.15) is 0 Å². The number of esters is 1. The molecule has 0 saturated carbocycles. The third kappa shape index (κ3) is 10.0. The molecule has 232 valence electrons. The van der Waals surface area contributed by atoms with Crippen LogP contribution in [-0.4, -0.2) is 95.7 Å². The van der Waals surface area contributed by atoms with E-state index in [2.05, 4.69) is 5.16 Å². The minimum absolute atomic E-state index is 0.0455. The summed E-state index contributed by atoms with van der Waals surface area (Å²) in [6.45, 7) is 9.53. The van der Waals surface area contributed by atoms with E-state index in [1.54, 1.807) is 41.0 Å². The number of rotatable bonds is 10. The van der Waals surface area contributed by atoms with E-state index < -0.39 is 17.5 Å². The number of amides is 2. The summed E-state index contributed by atoms with van der Waals surface area (Å²) in [6.07, 6.45) is 2.28. The molecule has 12 nitrogen and oxygen atoms in total. The Morgan fingerprint density at radius 3 is 2.12 bits per heavy atom. The Kier molecular flexibility index (Phi) is 11.7. The molecule has 42 heavy (non-hydrogen) atoms. The summed E-state index contributed by atoms with van der Waals surface area (Å²) < 4.78 is 16.6. The molecule has 0 bridgehead atoms. The summed E-state index contributed by atoms with van der Waals surface area (Å²) in [4.78, 5) is 53.5. The van der Waals surface area contributed by atoms with Gasteiger partial charge in [-0.05, 0) is 52.4 Å². The van der Waals surface area contributed by atoms with Gasteiger partial charge in [-0.3, -0.25) is 9.59 Å². The smallest absolute Gasteiger partial charge is 0.410 e. The molecule has 3 rings (SSSR count). The molecular weight excluding hydrogens is 544 g/mol. The van der Waals surface area contributed by atoms with Crippen molar-refractivity contribution >= 4 is 29.6 Å². The number of oxime groups is 1. The first-order valence-electron chi connectivity index (χ1n) is 14.5. The van der Waals surface area contributed by atoms with Crippen LogP contribution in [0.15, 0.2) is 29.4 Å². The SMILES string of the molecule is C[C@H](CC(=O)c1ccc(/C(N)=N/O)cc1)C(=O)N1CCC(OCC(=O)OCC2CCN(C(=O)OC(C)(C)C)CC2)CC1. The van der Waals surface area contributed by atoms with Gasteiger partial charge in [-0.1, -0.05) is 36.3 Å². The Hall–Kier alpha value is -3.67. The molecule has 3 N–H and O–H groups in total. The van der Waals surface area contributed by atoms with E-state index in [0.717, 1.165) is 12.8 Å². The summed E-state index contributed by atoms with van der Waals surface area (Å²) in [5, 5.41) is 11.7. The minimum atomic E-state index is -0.530. The number of likely N-dealkylation sites (tertiary alicyclic amines) is 2. The first-order chi connectivity index (χ1) is 19.9. The third-order valence-electron chi connectivity index (χ3n) is 7.46. The van der Waals surface area contributed by atoms with Crippen LogP contribution < -0.4 is 5.73 Å². The highest BCUT2D eigenvalue weighted by Crippen LogP contribution is 2.21. The van der Waals surface area contributed by atoms with Crippen molar-refractivity contribution in [3.8, 4) is 0 Å². The van der Waals surface area contributed by atoms with E-state index in [1.807, 2.05) is 20.8 Å². The second kappa shape index (κ2) is 15.0. The van der Waals surface area contributed by atoms with Crippen molar-refractivity contribution in [2.75, 3.05) is 39.4 Å². The third-order valence-corrected chi connectivity index (χ3v) is 7.46. The molecule has 12 heteroatoms. The highest BCUT2D eigenvalue weighted by atomic mass is 16.6. The molecule has 0 unspecified atom stereocenters. The van der Waals surface area contributed by atoms with Crippen LogP contribution in [0.5, 0.6) is 0 Å². The molecule has 0 radical (unpaired) electrons. The van der Waals surface area contributed by atoms with Gasteiger partial charge in [-0.15, -0.1) is 0 Å². The van der Waals surface area contributed by atoms with Crippen LogP contribution in [0.1, 0.15) is 75.7 Å². The standard InChI is InChI=1S/C30H44N4O8/c1-20(17-25(35)22-5-7-23(8-6-22)27(31)32-39)28(37)33-15-11-24(12-16-33)40-19-26(36)41-18-21-9-13-34(14-10-21)29(38)42-30(2,3)4/h5-8,20-21,24,39H,9-19H2,1-4H3,(H2,31,32)/t20-/m1/s1. The fraction of sp³-hybridized carbons (Fsp3) is 0.633. The van der Waals surface area contributed by atoms with Gasteiger partial charge in [0.05, 0.1) is 12.7 Å². The number of ketones is 1. The van der Waals surface area contributed by atoms with Gasteiger partial charge in [0.2, 0.25) is 5.91 Å². The summed E-state index contributed by atoms with van der Waals surface area (Å²) in [6, 6.07) is 6.37. The molecule has 0 aliphatic carbocycles. The number of nitrogens with two attached hydrogens (primary N) is 1. The molecule has 1 aromatic carbocycles. The van der Waals surface area contributed by atoms with Gasteiger partial charge >= 0.3 is 12.1 Å². The molecule has 2 heterocycles. The van der Waals surface area contributed by atoms with Crippen LogP contribution in [0.2, 0.25) is 0 Å². The van der Waals surface area contributed by atoms with E-state index in [1.165, 1.54) is 0 Å². The van der Waals surface area contributed by atoms with Gasteiger partial charge in [0.25, 0.3) is 0 Å². The van der Waals surface area contributed by atoms with Crippen LogP contribution in [0.4, 0.5) is 4.79 Å². The number of Topliss-reactive ketones (excluding diaryl/α,β-unsaturated/α-hetero) is 1. The fourth-order valence-electron chi connectivity index (χ4n) is 4.97. The molecule has 2 aliphatic rings. The van der Waals surface area contributed by atoms with E-state index >= 15 is 0 Å². The molecule has 2 aliphatic heterocycles. The summed E-state index contributed by atoms with van der Waals surface area (Å²) in [5.74, 6) is -1.01. The Morgan fingerprint density at radius 2 is 1.55 bits per heavy atom. The highest BCUT2D eigenvalue weighted by molar-refractivity contribution is 6.01. The number of benzene rings is 1. The van der Waals surface area contributed by atoms with E-state index in [0.29, 0.717) is 56.8 Å². The maximum Gasteiger partial charge on any atom is 0.410 e. The first-order valence-corrected chi connectivity index (χ1v) is 14.5. The van der Waals surface area contributed by atoms with Crippen molar-refractivity contribution in [2.45, 2.75) is 71.5 Å². The van der Waals surface area contributed by atoms with E-state index in [4.69, 9.17) is 25.2 Å². The van der Waals surface area contributed by atoms with Crippen molar-refractivity contribution in [1.82, 2.24) is 9.80 Å².